The van der Waals surface area contributed by atoms with Crippen molar-refractivity contribution in [2.75, 3.05) is 32.7 Å². The van der Waals surface area contributed by atoms with E-state index in [1.54, 1.807) is 0 Å². The lowest BCUT2D eigenvalue weighted by Gasteiger charge is -2.29. The highest BCUT2D eigenvalue weighted by Gasteiger charge is 2.39. The Balaban J connectivity index is 1.87. The highest BCUT2D eigenvalue weighted by atomic mass is 16.2. The fourth-order valence-electron chi connectivity index (χ4n) is 3.73. The van der Waals surface area contributed by atoms with Crippen LogP contribution in [0.15, 0.2) is 12.2 Å². The molecule has 0 aromatic carbocycles. The molecule has 0 spiro atoms. The summed E-state index contributed by atoms with van der Waals surface area (Å²) in [7, 11) is 0. The summed E-state index contributed by atoms with van der Waals surface area (Å²) in [6.45, 7) is 11.9. The second kappa shape index (κ2) is 6.72. The van der Waals surface area contributed by atoms with Gasteiger partial charge in [0.2, 0.25) is 5.91 Å². The summed E-state index contributed by atoms with van der Waals surface area (Å²) in [4.78, 5) is 16.6. The Morgan fingerprint density at radius 1 is 1.40 bits per heavy atom. The van der Waals surface area contributed by atoms with Crippen LogP contribution in [-0.2, 0) is 4.79 Å². The average Bonchev–Trinajstić information content (AvgIpc) is 2.79. The van der Waals surface area contributed by atoms with Gasteiger partial charge in [-0.3, -0.25) is 9.69 Å². The van der Waals surface area contributed by atoms with Crippen LogP contribution in [0.25, 0.3) is 0 Å². The van der Waals surface area contributed by atoms with E-state index in [-0.39, 0.29) is 5.91 Å². The Morgan fingerprint density at radius 2 is 2.15 bits per heavy atom. The summed E-state index contributed by atoms with van der Waals surface area (Å²) in [5.74, 6) is 1.54. The fraction of sp³-hybridized carbons (Fsp3) is 0.812. The number of likely N-dealkylation sites (tertiary alicyclic amines) is 1. The van der Waals surface area contributed by atoms with E-state index in [9.17, 15) is 4.79 Å². The Kier molecular flexibility index (Phi) is 5.22. The summed E-state index contributed by atoms with van der Waals surface area (Å²) in [5.41, 5.74) is 7.27. The summed E-state index contributed by atoms with van der Waals surface area (Å²) < 4.78 is 0. The molecule has 1 saturated carbocycles. The monoisotopic (exact) mass is 279 g/mol. The van der Waals surface area contributed by atoms with E-state index < -0.39 is 0 Å². The minimum Gasteiger partial charge on any atom is -0.338 e. The van der Waals surface area contributed by atoms with Gasteiger partial charge in [-0.2, -0.15) is 0 Å². The van der Waals surface area contributed by atoms with Gasteiger partial charge in [0.25, 0.3) is 0 Å². The van der Waals surface area contributed by atoms with Crippen LogP contribution in [0.5, 0.6) is 0 Å². The highest BCUT2D eigenvalue weighted by molar-refractivity contribution is 5.78. The molecule has 0 aromatic rings. The van der Waals surface area contributed by atoms with Gasteiger partial charge >= 0.3 is 0 Å². The standard InChI is InChI=1S/C16H29N3O/c1-4-19(8-12(2)3)16(20)11-18-9-13-6-5-7-15(17)14(13)10-18/h13-15H,2,4-11,17H2,1,3H3. The zero-order valence-corrected chi connectivity index (χ0v) is 13.0. The van der Waals surface area contributed by atoms with E-state index in [0.29, 0.717) is 31.0 Å². The number of hydrogen-bond donors (Lipinski definition) is 1. The van der Waals surface area contributed by atoms with Crippen LogP contribution in [-0.4, -0.2) is 54.5 Å². The Bertz CT molecular complexity index is 369. The van der Waals surface area contributed by atoms with Gasteiger partial charge in [0, 0.05) is 32.2 Å². The van der Waals surface area contributed by atoms with Gasteiger partial charge in [0.15, 0.2) is 0 Å². The van der Waals surface area contributed by atoms with Gasteiger partial charge in [-0.1, -0.05) is 18.6 Å². The largest absolute Gasteiger partial charge is 0.338 e. The van der Waals surface area contributed by atoms with Crippen molar-refractivity contribution in [1.82, 2.24) is 9.80 Å². The molecule has 0 radical (unpaired) electrons. The van der Waals surface area contributed by atoms with Crippen LogP contribution in [0.2, 0.25) is 0 Å². The zero-order valence-electron chi connectivity index (χ0n) is 13.0. The van der Waals surface area contributed by atoms with Crippen molar-refractivity contribution in [2.24, 2.45) is 17.6 Å². The van der Waals surface area contributed by atoms with Crippen LogP contribution in [0.3, 0.4) is 0 Å². The molecule has 0 aromatic heterocycles. The summed E-state index contributed by atoms with van der Waals surface area (Å²) in [6, 6.07) is 0.339. The summed E-state index contributed by atoms with van der Waals surface area (Å²) in [5, 5.41) is 0. The van der Waals surface area contributed by atoms with E-state index >= 15 is 0 Å². The van der Waals surface area contributed by atoms with Crippen LogP contribution >= 0.6 is 0 Å². The molecule has 3 atom stereocenters. The Labute approximate surface area is 123 Å². The summed E-state index contributed by atoms with van der Waals surface area (Å²) in [6.07, 6.45) is 3.69. The van der Waals surface area contributed by atoms with E-state index in [0.717, 1.165) is 31.6 Å². The predicted octanol–water partition coefficient (Wildman–Crippen LogP) is 1.47. The predicted molar refractivity (Wildman–Crippen MR) is 82.3 cm³/mol. The van der Waals surface area contributed by atoms with Gasteiger partial charge in [0.05, 0.1) is 6.54 Å². The van der Waals surface area contributed by atoms with Crippen molar-refractivity contribution in [3.05, 3.63) is 12.2 Å². The highest BCUT2D eigenvalue weighted by Crippen LogP contribution is 2.35. The number of carbonyl (C=O) groups is 1. The van der Waals surface area contributed by atoms with E-state index in [2.05, 4.69) is 11.5 Å². The summed E-state index contributed by atoms with van der Waals surface area (Å²) >= 11 is 0. The van der Waals surface area contributed by atoms with Gasteiger partial charge < -0.3 is 10.6 Å². The number of likely N-dealkylation sites (N-methyl/N-ethyl adjacent to an activating group) is 1. The second-order valence-corrected chi connectivity index (χ2v) is 6.58. The quantitative estimate of drug-likeness (QED) is 0.775. The first-order chi connectivity index (χ1) is 9.51. The molecular weight excluding hydrogens is 250 g/mol. The van der Waals surface area contributed by atoms with E-state index in [1.165, 1.54) is 12.8 Å². The van der Waals surface area contributed by atoms with Crippen LogP contribution in [0.4, 0.5) is 0 Å². The zero-order chi connectivity index (χ0) is 14.7. The molecule has 0 bridgehead atoms. The number of hydrogen-bond acceptors (Lipinski definition) is 3. The van der Waals surface area contributed by atoms with Crippen LogP contribution in [0, 0.1) is 11.8 Å². The molecule has 4 heteroatoms. The van der Waals surface area contributed by atoms with E-state index in [1.807, 2.05) is 18.7 Å². The van der Waals surface area contributed by atoms with Gasteiger partial charge in [0.1, 0.15) is 0 Å². The first-order valence-corrected chi connectivity index (χ1v) is 7.91. The lowest BCUT2D eigenvalue weighted by Crippen LogP contribution is -2.41. The van der Waals surface area contributed by atoms with Gasteiger partial charge in [-0.25, -0.2) is 0 Å². The van der Waals surface area contributed by atoms with E-state index in [4.69, 9.17) is 5.73 Å². The van der Waals surface area contributed by atoms with Crippen LogP contribution in [0.1, 0.15) is 33.1 Å². The molecule has 2 rings (SSSR count). The lowest BCUT2D eigenvalue weighted by molar-refractivity contribution is -0.131. The van der Waals surface area contributed by atoms with Crippen molar-refractivity contribution >= 4 is 5.91 Å². The first-order valence-electron chi connectivity index (χ1n) is 7.91. The third-order valence-electron chi connectivity index (χ3n) is 4.78. The fourth-order valence-corrected chi connectivity index (χ4v) is 3.73. The van der Waals surface area contributed by atoms with Crippen molar-refractivity contribution in [2.45, 2.75) is 39.2 Å². The third-order valence-corrected chi connectivity index (χ3v) is 4.78. The third kappa shape index (κ3) is 3.61. The molecule has 2 N–H and O–H groups in total. The maximum absolute atomic E-state index is 12.4. The maximum Gasteiger partial charge on any atom is 0.237 e. The van der Waals surface area contributed by atoms with Crippen molar-refractivity contribution in [3.63, 3.8) is 0 Å². The van der Waals surface area contributed by atoms with Crippen molar-refractivity contribution in [1.29, 1.82) is 0 Å². The number of carbonyl (C=O) groups excluding carboxylic acids is 1. The average molecular weight is 279 g/mol. The molecule has 2 fully saturated rings. The molecule has 20 heavy (non-hydrogen) atoms. The molecular formula is C16H29N3O. The number of rotatable bonds is 5. The molecule has 3 unspecified atom stereocenters. The molecule has 1 saturated heterocycles. The Hall–Kier alpha value is -0.870. The topological polar surface area (TPSA) is 49.6 Å². The number of nitrogens with two attached hydrogens (primary N) is 1. The smallest absolute Gasteiger partial charge is 0.237 e. The Morgan fingerprint density at radius 3 is 2.75 bits per heavy atom. The van der Waals surface area contributed by atoms with Crippen molar-refractivity contribution < 1.29 is 4.79 Å². The second-order valence-electron chi connectivity index (χ2n) is 6.58. The van der Waals surface area contributed by atoms with Gasteiger partial charge in [-0.05, 0) is 38.5 Å². The SMILES string of the molecule is C=C(C)CN(CC)C(=O)CN1CC2CCCC(N)C2C1. The first kappa shape index (κ1) is 15.5. The van der Waals surface area contributed by atoms with Gasteiger partial charge in [-0.15, -0.1) is 0 Å². The lowest BCUT2D eigenvalue weighted by atomic mass is 9.78. The van der Waals surface area contributed by atoms with Crippen LogP contribution < -0.4 is 5.73 Å². The normalized spacial score (nSPS) is 30.1. The number of nitrogens with zero attached hydrogens (tertiary/aromatic N) is 2. The maximum atomic E-state index is 12.4. The minimum absolute atomic E-state index is 0.225. The molecule has 4 nitrogen and oxygen atoms in total. The number of fused-ring (bicyclic) bond motifs is 1. The molecule has 2 aliphatic rings. The number of amides is 1. The molecule has 1 aliphatic heterocycles. The molecule has 1 aliphatic carbocycles. The molecule has 114 valence electrons. The molecule has 1 amide bonds. The van der Waals surface area contributed by atoms with Crippen molar-refractivity contribution in [3.8, 4) is 0 Å². The molecule has 1 heterocycles. The minimum atomic E-state index is 0.225.